The summed E-state index contributed by atoms with van der Waals surface area (Å²) in [6, 6.07) is 14.3. The van der Waals surface area contributed by atoms with Crippen molar-refractivity contribution in [2.75, 3.05) is 28.2 Å². The lowest BCUT2D eigenvalue weighted by molar-refractivity contribution is -0.151. The first-order valence-corrected chi connectivity index (χ1v) is 12.6. The average molecular weight is 526 g/mol. The molecule has 198 valence electrons. The minimum absolute atomic E-state index is 0.116. The van der Waals surface area contributed by atoms with Gasteiger partial charge in [0.2, 0.25) is 5.96 Å². The van der Waals surface area contributed by atoms with E-state index in [-0.39, 0.29) is 5.96 Å². The number of aliphatic hydroxyl groups excluding tert-OH is 1. The third-order valence-electron chi connectivity index (χ3n) is 9.18. The van der Waals surface area contributed by atoms with Crippen LogP contribution in [0.2, 0.25) is 0 Å². The van der Waals surface area contributed by atoms with Crippen LogP contribution in [0.15, 0.2) is 54.7 Å². The largest absolute Gasteiger partial charge is 0.385 e. The van der Waals surface area contributed by atoms with E-state index in [1.165, 1.54) is 28.8 Å². The fraction of sp³-hybridized carbons (Fsp3) is 0.286. The maximum atomic E-state index is 14.6. The van der Waals surface area contributed by atoms with Gasteiger partial charge < -0.3 is 24.9 Å². The lowest BCUT2D eigenvalue weighted by atomic mass is 9.57. The quantitative estimate of drug-likeness (QED) is 0.282. The van der Waals surface area contributed by atoms with E-state index in [9.17, 15) is 19.5 Å². The van der Waals surface area contributed by atoms with Crippen LogP contribution < -0.4 is 0 Å². The van der Waals surface area contributed by atoms with E-state index in [1.807, 2.05) is 48.5 Å². The van der Waals surface area contributed by atoms with Crippen LogP contribution in [0.1, 0.15) is 28.8 Å². The molecule has 39 heavy (non-hydrogen) atoms. The zero-order chi connectivity index (χ0) is 27.6. The Morgan fingerprint density at radius 1 is 0.846 bits per heavy atom. The molecule has 4 atom stereocenters. The van der Waals surface area contributed by atoms with E-state index in [1.54, 1.807) is 20.3 Å². The van der Waals surface area contributed by atoms with Gasteiger partial charge in [-0.15, -0.1) is 0 Å². The summed E-state index contributed by atoms with van der Waals surface area (Å²) in [5.41, 5.74) is -0.808. The van der Waals surface area contributed by atoms with Gasteiger partial charge in [-0.05, 0) is 17.7 Å². The highest BCUT2D eigenvalue weighted by atomic mass is 16.3. The highest BCUT2D eigenvalue weighted by molar-refractivity contribution is 6.14. The lowest BCUT2D eigenvalue weighted by Crippen LogP contribution is -2.69. The summed E-state index contributed by atoms with van der Waals surface area (Å²) in [6.45, 7) is 0. The van der Waals surface area contributed by atoms with E-state index in [2.05, 4.69) is 9.97 Å². The number of fused-ring (bicyclic) bond motifs is 5. The Kier molecular flexibility index (Phi) is 4.37. The Balaban J connectivity index is 1.72. The minimum atomic E-state index is -1.83. The van der Waals surface area contributed by atoms with Gasteiger partial charge in [-0.3, -0.25) is 24.8 Å². The second-order valence-corrected chi connectivity index (χ2v) is 10.6. The number of aromatic amines is 2. The Labute approximate surface area is 223 Å². The van der Waals surface area contributed by atoms with Gasteiger partial charge in [-0.25, -0.2) is 4.79 Å². The van der Waals surface area contributed by atoms with Crippen molar-refractivity contribution in [2.45, 2.75) is 23.1 Å². The van der Waals surface area contributed by atoms with Crippen molar-refractivity contribution in [3.8, 4) is 0 Å². The van der Waals surface area contributed by atoms with E-state index in [0.29, 0.717) is 27.7 Å². The Morgan fingerprint density at radius 2 is 1.49 bits per heavy atom. The van der Waals surface area contributed by atoms with Crippen LogP contribution in [-0.4, -0.2) is 92.2 Å². The normalized spacial score (nSPS) is 28.8. The minimum Gasteiger partial charge on any atom is -0.385 e. The van der Waals surface area contributed by atoms with Gasteiger partial charge >= 0.3 is 6.03 Å². The summed E-state index contributed by atoms with van der Waals surface area (Å²) >= 11 is 0. The topological polar surface area (TPSA) is 140 Å². The summed E-state index contributed by atoms with van der Waals surface area (Å²) < 4.78 is 0. The van der Waals surface area contributed by atoms with Crippen LogP contribution in [0, 0.1) is 5.41 Å². The molecule has 4 heterocycles. The molecule has 0 radical (unpaired) electrons. The predicted octanol–water partition coefficient (Wildman–Crippen LogP) is 2.28. The predicted molar refractivity (Wildman–Crippen MR) is 143 cm³/mol. The molecule has 2 spiro atoms. The zero-order valence-corrected chi connectivity index (χ0v) is 21.8. The van der Waals surface area contributed by atoms with Gasteiger partial charge in [0.1, 0.15) is 6.10 Å². The van der Waals surface area contributed by atoms with Crippen molar-refractivity contribution in [1.82, 2.24) is 29.6 Å². The highest BCUT2D eigenvalue weighted by Gasteiger charge is 2.77. The molecular formula is C28H27N7O4. The molecule has 2 fully saturated rings. The standard InChI is InChI=1S/C28H27N7O4/c1-32-24(38)28(34(3)25(32)29)20(16-13-30-17-11-7-5-9-14(16)17)27(23(37)33(2)26(39)35(27)4)21-19(22(28)36)15-10-6-8-12-18(15)31-21/h5-13,20,22,29-31,36H,1-4H3/t20-,22+,27-,28-/m1/s1. The van der Waals surface area contributed by atoms with Crippen LogP contribution in [0.4, 0.5) is 4.79 Å². The van der Waals surface area contributed by atoms with Crippen molar-refractivity contribution in [1.29, 1.82) is 5.41 Å². The molecule has 2 aromatic heterocycles. The van der Waals surface area contributed by atoms with Crippen molar-refractivity contribution >= 4 is 45.6 Å². The number of aromatic nitrogens is 2. The monoisotopic (exact) mass is 525 g/mol. The van der Waals surface area contributed by atoms with Crippen LogP contribution in [-0.2, 0) is 15.1 Å². The lowest BCUT2D eigenvalue weighted by Gasteiger charge is -2.54. The second-order valence-electron chi connectivity index (χ2n) is 10.6. The van der Waals surface area contributed by atoms with Gasteiger partial charge in [0, 0.05) is 61.8 Å². The van der Waals surface area contributed by atoms with Gasteiger partial charge in [0.05, 0.1) is 11.6 Å². The summed E-state index contributed by atoms with van der Waals surface area (Å²) in [4.78, 5) is 54.3. The smallest absolute Gasteiger partial charge is 0.327 e. The maximum absolute atomic E-state index is 14.6. The SMILES string of the molecule is CN1C(=N)N(C)[C@@]2(C1=O)[C@@H](O)c1c([nH]c3ccccc13)[C@@]1(C(=O)N(C)C(=O)N1C)[C@H]2c1c[nH]c2ccccc12. The first kappa shape index (κ1) is 23.5. The van der Waals surface area contributed by atoms with Gasteiger partial charge in [0.15, 0.2) is 11.1 Å². The van der Waals surface area contributed by atoms with Crippen molar-refractivity contribution in [2.24, 2.45) is 0 Å². The Bertz CT molecular complexity index is 1770. The Hall–Kier alpha value is -4.64. The number of H-pyrrole nitrogens is 2. The van der Waals surface area contributed by atoms with Crippen LogP contribution in [0.3, 0.4) is 0 Å². The molecule has 11 heteroatoms. The average Bonchev–Trinajstić information content (AvgIpc) is 3.63. The molecule has 3 aliphatic rings. The maximum Gasteiger partial charge on any atom is 0.327 e. The first-order chi connectivity index (χ1) is 18.6. The molecule has 1 aliphatic carbocycles. The molecule has 0 bridgehead atoms. The number of likely N-dealkylation sites (N-methyl/N-ethyl adjacent to an activating group) is 4. The first-order valence-electron chi connectivity index (χ1n) is 12.6. The number of carbonyl (C=O) groups is 3. The number of nitrogens with zero attached hydrogens (tertiary/aromatic N) is 4. The zero-order valence-electron chi connectivity index (χ0n) is 21.8. The number of imide groups is 1. The molecule has 4 amide bonds. The number of para-hydroxylation sites is 2. The molecular weight excluding hydrogens is 498 g/mol. The molecule has 0 unspecified atom stereocenters. The number of hydrogen-bond donors (Lipinski definition) is 4. The number of rotatable bonds is 1. The van der Waals surface area contributed by atoms with E-state index < -0.39 is 40.9 Å². The molecule has 0 saturated carbocycles. The number of hydrogen-bond acceptors (Lipinski definition) is 5. The van der Waals surface area contributed by atoms with Crippen LogP contribution in [0.25, 0.3) is 21.8 Å². The van der Waals surface area contributed by atoms with E-state index in [4.69, 9.17) is 5.41 Å². The van der Waals surface area contributed by atoms with Crippen molar-refractivity contribution in [3.63, 3.8) is 0 Å². The van der Waals surface area contributed by atoms with Gasteiger partial charge in [0.25, 0.3) is 11.8 Å². The summed E-state index contributed by atoms with van der Waals surface area (Å²) in [5, 5.41) is 22.6. The number of nitrogens with one attached hydrogen (secondary N) is 3. The molecule has 7 rings (SSSR count). The number of aliphatic hydroxyl groups is 1. The van der Waals surface area contributed by atoms with Crippen LogP contribution in [0.5, 0.6) is 0 Å². The molecule has 4 N–H and O–H groups in total. The summed E-state index contributed by atoms with van der Waals surface area (Å²) in [5.74, 6) is -2.27. The second kappa shape index (κ2) is 7.26. The third-order valence-corrected chi connectivity index (χ3v) is 9.18. The molecule has 2 saturated heterocycles. The molecule has 4 aromatic rings. The van der Waals surface area contributed by atoms with Crippen LogP contribution >= 0.6 is 0 Å². The van der Waals surface area contributed by atoms with E-state index in [0.717, 1.165) is 15.8 Å². The van der Waals surface area contributed by atoms with Gasteiger partial charge in [-0.2, -0.15) is 0 Å². The van der Waals surface area contributed by atoms with Crippen molar-refractivity contribution in [3.05, 3.63) is 71.5 Å². The summed E-state index contributed by atoms with van der Waals surface area (Å²) in [7, 11) is 6.06. The molecule has 11 nitrogen and oxygen atoms in total. The third kappa shape index (κ3) is 2.34. The number of urea groups is 1. The molecule has 2 aliphatic heterocycles. The highest BCUT2D eigenvalue weighted by Crippen LogP contribution is 2.64. The number of guanidine groups is 1. The van der Waals surface area contributed by atoms with E-state index >= 15 is 0 Å². The fourth-order valence-electron chi connectivity index (χ4n) is 7.36. The number of carbonyl (C=O) groups excluding carboxylic acids is 3. The Morgan fingerprint density at radius 3 is 2.10 bits per heavy atom. The number of benzene rings is 2. The van der Waals surface area contributed by atoms with Gasteiger partial charge in [-0.1, -0.05) is 36.4 Å². The molecule has 2 aromatic carbocycles. The number of amides is 4. The summed E-state index contributed by atoms with van der Waals surface area (Å²) in [6.07, 6.45) is 0.296. The van der Waals surface area contributed by atoms with Crippen molar-refractivity contribution < 1.29 is 19.5 Å². The fourth-order valence-corrected chi connectivity index (χ4v) is 7.36.